The Labute approximate surface area is 145 Å². The van der Waals surface area contributed by atoms with Crippen LogP contribution >= 0.6 is 0 Å². The summed E-state index contributed by atoms with van der Waals surface area (Å²) in [6, 6.07) is 7.03. The number of aryl methyl sites for hydroxylation is 1. The fourth-order valence-corrected chi connectivity index (χ4v) is 2.38. The van der Waals surface area contributed by atoms with Gasteiger partial charge in [0.1, 0.15) is 12.1 Å². The van der Waals surface area contributed by atoms with Gasteiger partial charge in [-0.15, -0.1) is 0 Å². The zero-order chi connectivity index (χ0) is 17.8. The molecule has 0 aliphatic heterocycles. The second kappa shape index (κ2) is 7.04. The van der Waals surface area contributed by atoms with E-state index in [1.807, 2.05) is 13.0 Å². The summed E-state index contributed by atoms with van der Waals surface area (Å²) in [5, 5.41) is 2.87. The van der Waals surface area contributed by atoms with Gasteiger partial charge in [-0.3, -0.25) is 9.36 Å². The predicted octanol–water partition coefficient (Wildman–Crippen LogP) is 2.85. The number of rotatable bonds is 5. The van der Waals surface area contributed by atoms with E-state index in [0.29, 0.717) is 28.6 Å². The number of aromatic nitrogens is 3. The Morgan fingerprint density at radius 3 is 2.52 bits per heavy atom. The van der Waals surface area contributed by atoms with Gasteiger partial charge in [0.2, 0.25) is 0 Å². The molecule has 0 radical (unpaired) electrons. The first-order valence-corrected chi connectivity index (χ1v) is 7.60. The molecule has 3 rings (SSSR count). The van der Waals surface area contributed by atoms with Crippen molar-refractivity contribution in [2.24, 2.45) is 0 Å². The number of imidazole rings is 1. The van der Waals surface area contributed by atoms with Gasteiger partial charge in [0, 0.05) is 30.3 Å². The van der Waals surface area contributed by atoms with Gasteiger partial charge < -0.3 is 14.8 Å². The van der Waals surface area contributed by atoms with Crippen molar-refractivity contribution in [3.05, 3.63) is 60.3 Å². The molecule has 0 atom stereocenters. The van der Waals surface area contributed by atoms with Crippen LogP contribution in [0.25, 0.3) is 5.82 Å². The number of pyridine rings is 1. The molecular formula is C18H18N4O3. The van der Waals surface area contributed by atoms with Gasteiger partial charge in [-0.1, -0.05) is 0 Å². The van der Waals surface area contributed by atoms with E-state index in [0.717, 1.165) is 5.56 Å². The summed E-state index contributed by atoms with van der Waals surface area (Å²) in [5.41, 5.74) is 1.98. The molecule has 0 aliphatic rings. The molecule has 1 aromatic carbocycles. The molecule has 2 aromatic heterocycles. The lowest BCUT2D eigenvalue weighted by Crippen LogP contribution is -2.13. The summed E-state index contributed by atoms with van der Waals surface area (Å²) in [6.07, 6.45) is 6.63. The first kappa shape index (κ1) is 16.5. The van der Waals surface area contributed by atoms with Crippen LogP contribution in [0.15, 0.2) is 49.2 Å². The number of carbonyl (C=O) groups is 1. The highest BCUT2D eigenvalue weighted by Gasteiger charge is 2.13. The Kier molecular flexibility index (Phi) is 4.65. The van der Waals surface area contributed by atoms with Crippen LogP contribution in [0.4, 0.5) is 5.69 Å². The highest BCUT2D eigenvalue weighted by atomic mass is 16.5. The number of hydrogen-bond acceptors (Lipinski definition) is 5. The summed E-state index contributed by atoms with van der Waals surface area (Å²) < 4.78 is 12.3. The Morgan fingerprint density at radius 2 is 1.92 bits per heavy atom. The summed E-state index contributed by atoms with van der Waals surface area (Å²) in [5.74, 6) is 1.61. The number of hydrogen-bond donors (Lipinski definition) is 1. The van der Waals surface area contributed by atoms with Crippen molar-refractivity contribution in [2.45, 2.75) is 6.92 Å². The molecule has 0 bridgehead atoms. The third kappa shape index (κ3) is 3.45. The fourth-order valence-electron chi connectivity index (χ4n) is 2.38. The maximum absolute atomic E-state index is 12.5. The zero-order valence-corrected chi connectivity index (χ0v) is 14.2. The number of carbonyl (C=O) groups excluding carboxylic acids is 1. The SMILES string of the molecule is COc1cc(C)c(NC(=O)c2ccc(-n3ccnc3)nc2)cc1OC. The minimum absolute atomic E-state index is 0.250. The van der Waals surface area contributed by atoms with E-state index in [2.05, 4.69) is 15.3 Å². The minimum atomic E-state index is -0.250. The van der Waals surface area contributed by atoms with E-state index in [4.69, 9.17) is 9.47 Å². The lowest BCUT2D eigenvalue weighted by atomic mass is 10.1. The molecular weight excluding hydrogens is 320 g/mol. The Hall–Kier alpha value is -3.35. The Balaban J connectivity index is 1.80. The van der Waals surface area contributed by atoms with Crippen LogP contribution in [-0.2, 0) is 0 Å². The quantitative estimate of drug-likeness (QED) is 0.774. The first-order valence-electron chi connectivity index (χ1n) is 7.60. The number of nitrogens with one attached hydrogen (secondary N) is 1. The molecule has 7 heteroatoms. The van der Waals surface area contributed by atoms with Crippen LogP contribution in [0, 0.1) is 6.92 Å². The third-order valence-electron chi connectivity index (χ3n) is 3.76. The van der Waals surface area contributed by atoms with E-state index in [-0.39, 0.29) is 5.91 Å². The van der Waals surface area contributed by atoms with Crippen LogP contribution in [0.2, 0.25) is 0 Å². The highest BCUT2D eigenvalue weighted by molar-refractivity contribution is 6.04. The maximum Gasteiger partial charge on any atom is 0.257 e. The summed E-state index contributed by atoms with van der Waals surface area (Å²) in [6.45, 7) is 1.89. The van der Waals surface area contributed by atoms with Crippen molar-refractivity contribution in [3.63, 3.8) is 0 Å². The summed E-state index contributed by atoms with van der Waals surface area (Å²) in [4.78, 5) is 20.7. The van der Waals surface area contributed by atoms with Gasteiger partial charge in [0.15, 0.2) is 11.5 Å². The number of benzene rings is 1. The van der Waals surface area contributed by atoms with Gasteiger partial charge in [0.25, 0.3) is 5.91 Å². The van der Waals surface area contributed by atoms with Crippen molar-refractivity contribution < 1.29 is 14.3 Å². The molecule has 0 saturated heterocycles. The first-order chi connectivity index (χ1) is 12.1. The van der Waals surface area contributed by atoms with Crippen molar-refractivity contribution in [1.29, 1.82) is 0 Å². The van der Waals surface area contributed by atoms with Crippen LogP contribution in [-0.4, -0.2) is 34.7 Å². The molecule has 128 valence electrons. The molecule has 3 aromatic rings. The Morgan fingerprint density at radius 1 is 1.16 bits per heavy atom. The van der Waals surface area contributed by atoms with Gasteiger partial charge in [0.05, 0.1) is 19.8 Å². The van der Waals surface area contributed by atoms with Crippen molar-refractivity contribution in [3.8, 4) is 17.3 Å². The largest absolute Gasteiger partial charge is 0.493 e. The molecule has 2 heterocycles. The topological polar surface area (TPSA) is 78.3 Å². The molecule has 1 N–H and O–H groups in total. The molecule has 0 fully saturated rings. The van der Waals surface area contributed by atoms with Crippen molar-refractivity contribution in [1.82, 2.24) is 14.5 Å². The van der Waals surface area contributed by atoms with Gasteiger partial charge in [-0.05, 0) is 30.7 Å². The summed E-state index contributed by atoms with van der Waals surface area (Å²) >= 11 is 0. The normalized spacial score (nSPS) is 10.4. The second-order valence-corrected chi connectivity index (χ2v) is 5.35. The highest BCUT2D eigenvalue weighted by Crippen LogP contribution is 2.33. The third-order valence-corrected chi connectivity index (χ3v) is 3.76. The van der Waals surface area contributed by atoms with Crippen LogP contribution in [0.1, 0.15) is 15.9 Å². The molecule has 7 nitrogen and oxygen atoms in total. The molecule has 1 amide bonds. The lowest BCUT2D eigenvalue weighted by Gasteiger charge is -2.13. The predicted molar refractivity (Wildman–Crippen MR) is 93.6 cm³/mol. The smallest absolute Gasteiger partial charge is 0.257 e. The average molecular weight is 338 g/mol. The molecule has 0 aliphatic carbocycles. The van der Waals surface area contributed by atoms with Gasteiger partial charge in [-0.2, -0.15) is 0 Å². The number of ether oxygens (including phenoxy) is 2. The number of amides is 1. The average Bonchev–Trinajstić information content (AvgIpc) is 3.17. The fraction of sp³-hybridized carbons (Fsp3) is 0.167. The number of methoxy groups -OCH3 is 2. The van der Waals surface area contributed by atoms with E-state index >= 15 is 0 Å². The van der Waals surface area contributed by atoms with Gasteiger partial charge >= 0.3 is 0 Å². The molecule has 25 heavy (non-hydrogen) atoms. The van der Waals surface area contributed by atoms with Crippen molar-refractivity contribution in [2.75, 3.05) is 19.5 Å². The van der Waals surface area contributed by atoms with E-state index in [9.17, 15) is 4.79 Å². The lowest BCUT2D eigenvalue weighted by molar-refractivity contribution is 0.102. The monoisotopic (exact) mass is 338 g/mol. The summed E-state index contributed by atoms with van der Waals surface area (Å²) in [7, 11) is 3.13. The van der Waals surface area contributed by atoms with E-state index < -0.39 is 0 Å². The maximum atomic E-state index is 12.5. The van der Waals surface area contributed by atoms with Crippen molar-refractivity contribution >= 4 is 11.6 Å². The van der Waals surface area contributed by atoms with Gasteiger partial charge in [-0.25, -0.2) is 9.97 Å². The van der Waals surface area contributed by atoms with Crippen LogP contribution < -0.4 is 14.8 Å². The van der Waals surface area contributed by atoms with E-state index in [1.165, 1.54) is 6.20 Å². The zero-order valence-electron chi connectivity index (χ0n) is 14.2. The van der Waals surface area contributed by atoms with Crippen LogP contribution in [0.5, 0.6) is 11.5 Å². The standard InChI is InChI=1S/C18H18N4O3/c1-12-8-15(24-2)16(25-3)9-14(12)21-18(23)13-4-5-17(20-10-13)22-7-6-19-11-22/h4-11H,1-3H3,(H,21,23). The van der Waals surface area contributed by atoms with Crippen LogP contribution in [0.3, 0.4) is 0 Å². The Bertz CT molecular complexity index is 874. The number of nitrogens with zero attached hydrogens (tertiary/aromatic N) is 3. The number of anilines is 1. The molecule has 0 unspecified atom stereocenters. The second-order valence-electron chi connectivity index (χ2n) is 5.35. The van der Waals surface area contributed by atoms with E-state index in [1.54, 1.807) is 55.7 Å². The molecule has 0 spiro atoms. The molecule has 0 saturated carbocycles. The minimum Gasteiger partial charge on any atom is -0.493 e.